The van der Waals surface area contributed by atoms with E-state index in [-0.39, 0.29) is 17.9 Å². The van der Waals surface area contributed by atoms with Gasteiger partial charge in [0.2, 0.25) is 0 Å². The lowest BCUT2D eigenvalue weighted by Gasteiger charge is -2.05. The van der Waals surface area contributed by atoms with Crippen LogP contribution >= 0.6 is 11.3 Å². The van der Waals surface area contributed by atoms with Crippen LogP contribution in [-0.4, -0.2) is 21.8 Å². The monoisotopic (exact) mass is 340 g/mol. The average molecular weight is 340 g/mol. The number of hydrogen-bond donors (Lipinski definition) is 3. The van der Waals surface area contributed by atoms with Crippen LogP contribution in [0.5, 0.6) is 5.75 Å². The summed E-state index contributed by atoms with van der Waals surface area (Å²) in [5, 5.41) is 30.6. The van der Waals surface area contributed by atoms with E-state index in [1.165, 1.54) is 16.9 Å². The van der Waals surface area contributed by atoms with Crippen LogP contribution in [0.15, 0.2) is 34.4 Å². The molecular formula is C18H16N2O3S. The number of fused-ring (bicyclic) bond motifs is 1. The molecule has 0 saturated heterocycles. The minimum absolute atomic E-state index is 0.206. The van der Waals surface area contributed by atoms with E-state index in [0.717, 1.165) is 30.4 Å². The number of nitrogens with zero attached hydrogens (tertiary/aromatic N) is 1. The van der Waals surface area contributed by atoms with Gasteiger partial charge in [-0.2, -0.15) is 5.26 Å². The number of aliphatic hydroxyl groups is 1. The Bertz CT molecular complexity index is 965. The Hall–Kier alpha value is -2.62. The van der Waals surface area contributed by atoms with Gasteiger partial charge in [-0.3, -0.25) is 4.79 Å². The molecule has 3 rings (SSSR count). The first-order valence-electron chi connectivity index (χ1n) is 7.62. The maximum Gasteiger partial charge on any atom is 0.270 e. The molecule has 24 heavy (non-hydrogen) atoms. The summed E-state index contributed by atoms with van der Waals surface area (Å²) in [6.07, 6.45) is 2.63. The molecule has 5 nitrogen and oxygen atoms in total. The summed E-state index contributed by atoms with van der Waals surface area (Å²) < 4.78 is 0. The third-order valence-electron chi connectivity index (χ3n) is 3.97. The quantitative estimate of drug-likeness (QED) is 0.622. The van der Waals surface area contributed by atoms with E-state index in [9.17, 15) is 9.90 Å². The molecule has 3 N–H and O–H groups in total. The third-order valence-corrected chi connectivity index (χ3v) is 4.86. The molecule has 0 amide bonds. The van der Waals surface area contributed by atoms with Crippen molar-refractivity contribution in [1.29, 1.82) is 5.26 Å². The number of aromatic amines is 1. The lowest BCUT2D eigenvalue weighted by atomic mass is 10.0. The van der Waals surface area contributed by atoms with Crippen LogP contribution in [0.25, 0.3) is 21.3 Å². The van der Waals surface area contributed by atoms with E-state index in [2.05, 4.69) is 4.98 Å². The number of thiophene rings is 1. The number of rotatable bonds is 5. The number of hydrogen-bond acceptors (Lipinski definition) is 5. The van der Waals surface area contributed by atoms with Crippen molar-refractivity contribution in [3.63, 3.8) is 0 Å². The van der Waals surface area contributed by atoms with Gasteiger partial charge in [0.1, 0.15) is 16.6 Å². The second-order valence-corrected chi connectivity index (χ2v) is 6.40. The summed E-state index contributed by atoms with van der Waals surface area (Å²) in [7, 11) is 0. The van der Waals surface area contributed by atoms with Gasteiger partial charge in [0.05, 0.1) is 5.39 Å². The summed E-state index contributed by atoms with van der Waals surface area (Å²) in [4.78, 5) is 14.9. The predicted octanol–water partition coefficient (Wildman–Crippen LogP) is 3.15. The zero-order valence-corrected chi connectivity index (χ0v) is 13.7. The fourth-order valence-corrected chi connectivity index (χ4v) is 3.66. The van der Waals surface area contributed by atoms with Gasteiger partial charge in [-0.1, -0.05) is 24.3 Å². The molecule has 0 bridgehead atoms. The molecule has 2 aromatic heterocycles. The van der Waals surface area contributed by atoms with Gasteiger partial charge in [0.15, 0.2) is 5.56 Å². The van der Waals surface area contributed by atoms with Crippen molar-refractivity contribution >= 4 is 21.6 Å². The largest absolute Gasteiger partial charge is 0.506 e. The summed E-state index contributed by atoms with van der Waals surface area (Å²) in [5.41, 5.74) is 2.06. The first kappa shape index (κ1) is 16.2. The Morgan fingerprint density at radius 1 is 1.21 bits per heavy atom. The van der Waals surface area contributed by atoms with Crippen molar-refractivity contribution in [1.82, 2.24) is 4.98 Å². The van der Waals surface area contributed by atoms with Crippen molar-refractivity contribution in [2.24, 2.45) is 0 Å². The van der Waals surface area contributed by atoms with Gasteiger partial charge in [-0.05, 0) is 30.4 Å². The molecule has 0 atom stereocenters. The number of benzene rings is 1. The van der Waals surface area contributed by atoms with Crippen molar-refractivity contribution in [2.45, 2.75) is 19.3 Å². The van der Waals surface area contributed by atoms with E-state index >= 15 is 0 Å². The normalized spacial score (nSPS) is 10.8. The van der Waals surface area contributed by atoms with Crippen LogP contribution in [0.2, 0.25) is 0 Å². The summed E-state index contributed by atoms with van der Waals surface area (Å²) in [6.45, 7) is 0.206. The second kappa shape index (κ2) is 6.87. The molecule has 0 unspecified atom stereocenters. The van der Waals surface area contributed by atoms with Crippen molar-refractivity contribution in [3.8, 4) is 22.9 Å². The minimum atomic E-state index is -0.574. The van der Waals surface area contributed by atoms with Crippen LogP contribution < -0.4 is 5.56 Å². The van der Waals surface area contributed by atoms with Crippen LogP contribution in [0, 0.1) is 11.3 Å². The van der Waals surface area contributed by atoms with E-state index in [1.807, 2.05) is 29.6 Å². The number of aromatic nitrogens is 1. The maximum absolute atomic E-state index is 11.8. The number of nitrogens with one attached hydrogen (secondary N) is 1. The standard InChI is InChI=1S/C18H16N2O3S/c19-9-13-16(22)15-14(10-24-18(15)20-17(13)23)12-6-4-11(5-7-12)3-1-2-8-21/h4-7,10,21H,1-3,8H2,(H2,20,22,23). The van der Waals surface area contributed by atoms with Gasteiger partial charge < -0.3 is 15.2 Å². The number of nitriles is 1. The zero-order valence-electron chi connectivity index (χ0n) is 12.9. The molecule has 0 aliphatic rings. The number of unbranched alkanes of at least 4 members (excludes halogenated alkanes) is 1. The minimum Gasteiger partial charge on any atom is -0.506 e. The lowest BCUT2D eigenvalue weighted by Crippen LogP contribution is -2.09. The fraction of sp³-hybridized carbons (Fsp3) is 0.222. The van der Waals surface area contributed by atoms with Crippen LogP contribution in [0.3, 0.4) is 0 Å². The molecule has 3 aromatic rings. The molecule has 0 fully saturated rings. The van der Waals surface area contributed by atoms with Crippen LogP contribution in [0.1, 0.15) is 24.0 Å². The zero-order chi connectivity index (χ0) is 17.1. The van der Waals surface area contributed by atoms with Gasteiger partial charge in [0.25, 0.3) is 5.56 Å². The third kappa shape index (κ3) is 2.92. The highest BCUT2D eigenvalue weighted by Crippen LogP contribution is 2.38. The van der Waals surface area contributed by atoms with Crippen molar-refractivity contribution in [2.75, 3.05) is 6.61 Å². The summed E-state index contributed by atoms with van der Waals surface area (Å²) in [5.74, 6) is -0.264. The Labute approximate surface area is 142 Å². The van der Waals surface area contributed by atoms with Crippen LogP contribution in [0.4, 0.5) is 0 Å². The number of aliphatic hydroxyl groups excluding tert-OH is 1. The first-order valence-corrected chi connectivity index (χ1v) is 8.50. The highest BCUT2D eigenvalue weighted by Gasteiger charge is 2.17. The number of pyridine rings is 1. The predicted molar refractivity (Wildman–Crippen MR) is 94.3 cm³/mol. The molecule has 0 spiro atoms. The van der Waals surface area contributed by atoms with Gasteiger partial charge >= 0.3 is 0 Å². The van der Waals surface area contributed by atoms with E-state index < -0.39 is 5.56 Å². The summed E-state index contributed by atoms with van der Waals surface area (Å²) >= 11 is 1.32. The maximum atomic E-state index is 11.8. The van der Waals surface area contributed by atoms with Gasteiger partial charge in [0, 0.05) is 17.6 Å². The number of aryl methyl sites for hydroxylation is 1. The molecule has 2 heterocycles. The SMILES string of the molecule is N#Cc1c(O)c2c(-c3ccc(CCCCO)cc3)csc2[nH]c1=O. The average Bonchev–Trinajstić information content (AvgIpc) is 3.00. The van der Waals surface area contributed by atoms with E-state index in [1.54, 1.807) is 6.07 Å². The summed E-state index contributed by atoms with van der Waals surface area (Å²) in [6, 6.07) is 9.72. The molecular weight excluding hydrogens is 324 g/mol. The highest BCUT2D eigenvalue weighted by molar-refractivity contribution is 7.17. The van der Waals surface area contributed by atoms with E-state index in [0.29, 0.717) is 10.2 Å². The molecule has 0 aliphatic heterocycles. The van der Waals surface area contributed by atoms with Crippen LogP contribution in [-0.2, 0) is 6.42 Å². The van der Waals surface area contributed by atoms with Crippen molar-refractivity contribution < 1.29 is 10.2 Å². The Kier molecular flexibility index (Phi) is 4.65. The molecule has 0 saturated carbocycles. The molecule has 1 aromatic carbocycles. The lowest BCUT2D eigenvalue weighted by molar-refractivity contribution is 0.284. The molecule has 122 valence electrons. The second-order valence-electron chi connectivity index (χ2n) is 5.52. The molecule has 0 aliphatic carbocycles. The molecule has 6 heteroatoms. The Balaban J connectivity index is 2.01. The van der Waals surface area contributed by atoms with Gasteiger partial charge in [-0.15, -0.1) is 11.3 Å². The number of H-pyrrole nitrogens is 1. The topological polar surface area (TPSA) is 97.1 Å². The number of aromatic hydroxyl groups is 1. The first-order chi connectivity index (χ1) is 11.7. The Morgan fingerprint density at radius 2 is 1.96 bits per heavy atom. The molecule has 0 radical (unpaired) electrons. The van der Waals surface area contributed by atoms with E-state index in [4.69, 9.17) is 10.4 Å². The van der Waals surface area contributed by atoms with Crippen molar-refractivity contribution in [3.05, 3.63) is 51.1 Å². The fourth-order valence-electron chi connectivity index (χ4n) is 2.69. The van der Waals surface area contributed by atoms with Gasteiger partial charge in [-0.25, -0.2) is 0 Å². The smallest absolute Gasteiger partial charge is 0.270 e. The Morgan fingerprint density at radius 3 is 2.62 bits per heavy atom. The highest BCUT2D eigenvalue weighted by atomic mass is 32.1.